The summed E-state index contributed by atoms with van der Waals surface area (Å²) in [5, 5.41) is 9.04. The molecule has 0 aliphatic heterocycles. The van der Waals surface area contributed by atoms with Crippen molar-refractivity contribution in [1.29, 1.82) is 0 Å². The lowest BCUT2D eigenvalue weighted by Gasteiger charge is -2.13. The van der Waals surface area contributed by atoms with Crippen molar-refractivity contribution >= 4 is 5.97 Å². The smallest absolute Gasteiger partial charge is 0.339 e. The first kappa shape index (κ1) is 13.1. The standard InChI is InChI=1S/C13H15N3O3/c1-9(2)16-8-15-5-10(16)7-19-12-6-14-4-3-11(12)13(17)18/h3-6,8-9H,7H2,1-2H3,(H,17,18). The molecule has 2 rings (SSSR count). The van der Waals surface area contributed by atoms with Crippen molar-refractivity contribution in [2.24, 2.45) is 0 Å². The Morgan fingerprint density at radius 2 is 2.21 bits per heavy atom. The Morgan fingerprint density at radius 1 is 1.42 bits per heavy atom. The van der Waals surface area contributed by atoms with Gasteiger partial charge in [0.05, 0.1) is 24.4 Å². The van der Waals surface area contributed by atoms with Crippen LogP contribution in [0.25, 0.3) is 0 Å². The van der Waals surface area contributed by atoms with Gasteiger partial charge in [0, 0.05) is 12.2 Å². The van der Waals surface area contributed by atoms with Crippen molar-refractivity contribution in [3.63, 3.8) is 0 Å². The third-order valence-corrected chi connectivity index (χ3v) is 2.69. The monoisotopic (exact) mass is 261 g/mol. The highest BCUT2D eigenvalue weighted by Crippen LogP contribution is 2.18. The van der Waals surface area contributed by atoms with Crippen LogP contribution in [0.2, 0.25) is 0 Å². The SMILES string of the molecule is CC(C)n1cncc1COc1cnccc1C(=O)O. The number of carbonyl (C=O) groups is 1. The zero-order valence-corrected chi connectivity index (χ0v) is 10.8. The van der Waals surface area contributed by atoms with E-state index in [-0.39, 0.29) is 24.0 Å². The van der Waals surface area contributed by atoms with Gasteiger partial charge in [-0.2, -0.15) is 0 Å². The molecule has 2 aromatic rings. The van der Waals surface area contributed by atoms with Gasteiger partial charge in [-0.15, -0.1) is 0 Å². The molecule has 0 bridgehead atoms. The number of aromatic carboxylic acids is 1. The molecule has 100 valence electrons. The average molecular weight is 261 g/mol. The maximum absolute atomic E-state index is 11.0. The van der Waals surface area contributed by atoms with E-state index in [9.17, 15) is 4.79 Å². The minimum absolute atomic E-state index is 0.102. The molecule has 2 aromatic heterocycles. The third-order valence-electron chi connectivity index (χ3n) is 2.69. The molecule has 6 heteroatoms. The van der Waals surface area contributed by atoms with Crippen LogP contribution in [0.5, 0.6) is 5.75 Å². The van der Waals surface area contributed by atoms with Crippen LogP contribution in [-0.2, 0) is 6.61 Å². The lowest BCUT2D eigenvalue weighted by molar-refractivity contribution is 0.0691. The Kier molecular flexibility index (Phi) is 3.79. The highest BCUT2D eigenvalue weighted by atomic mass is 16.5. The summed E-state index contributed by atoms with van der Waals surface area (Å²) in [5.41, 5.74) is 0.987. The van der Waals surface area contributed by atoms with Crippen LogP contribution in [0.4, 0.5) is 0 Å². The van der Waals surface area contributed by atoms with E-state index in [4.69, 9.17) is 9.84 Å². The fraction of sp³-hybridized carbons (Fsp3) is 0.308. The minimum atomic E-state index is -1.03. The Labute approximate surface area is 110 Å². The summed E-state index contributed by atoms with van der Waals surface area (Å²) >= 11 is 0. The van der Waals surface area contributed by atoms with E-state index < -0.39 is 5.97 Å². The molecule has 0 unspecified atom stereocenters. The maximum atomic E-state index is 11.0. The first-order valence-electron chi connectivity index (χ1n) is 5.90. The highest BCUT2D eigenvalue weighted by Gasteiger charge is 2.12. The second-order valence-electron chi connectivity index (χ2n) is 4.35. The van der Waals surface area contributed by atoms with Gasteiger partial charge in [-0.25, -0.2) is 9.78 Å². The third kappa shape index (κ3) is 2.90. The van der Waals surface area contributed by atoms with Crippen molar-refractivity contribution in [2.45, 2.75) is 26.5 Å². The molecule has 0 aliphatic rings. The molecule has 0 saturated heterocycles. The molecule has 1 N–H and O–H groups in total. The van der Waals surface area contributed by atoms with Crippen molar-refractivity contribution < 1.29 is 14.6 Å². The van der Waals surface area contributed by atoms with Gasteiger partial charge in [0.15, 0.2) is 5.75 Å². The fourth-order valence-electron chi connectivity index (χ4n) is 1.73. The lowest BCUT2D eigenvalue weighted by atomic mass is 10.2. The number of imidazole rings is 1. The second kappa shape index (κ2) is 5.51. The predicted molar refractivity (Wildman–Crippen MR) is 68.1 cm³/mol. The van der Waals surface area contributed by atoms with Crippen molar-refractivity contribution in [2.75, 3.05) is 0 Å². The van der Waals surface area contributed by atoms with Crippen LogP contribution in [0.15, 0.2) is 31.0 Å². The van der Waals surface area contributed by atoms with Crippen molar-refractivity contribution in [3.05, 3.63) is 42.2 Å². The molecular formula is C13H15N3O3. The van der Waals surface area contributed by atoms with E-state index in [1.54, 1.807) is 12.5 Å². The number of carboxylic acid groups (broad SMARTS) is 1. The van der Waals surface area contributed by atoms with Crippen LogP contribution in [0.1, 0.15) is 35.9 Å². The molecule has 6 nitrogen and oxygen atoms in total. The van der Waals surface area contributed by atoms with Gasteiger partial charge >= 0.3 is 5.97 Å². The maximum Gasteiger partial charge on any atom is 0.339 e. The van der Waals surface area contributed by atoms with Gasteiger partial charge in [-0.1, -0.05) is 0 Å². The Balaban J connectivity index is 2.15. The number of nitrogens with zero attached hydrogens (tertiary/aromatic N) is 3. The number of hydrogen-bond donors (Lipinski definition) is 1. The molecular weight excluding hydrogens is 246 g/mol. The van der Waals surface area contributed by atoms with Crippen molar-refractivity contribution in [3.8, 4) is 5.75 Å². The van der Waals surface area contributed by atoms with E-state index in [0.717, 1.165) is 5.69 Å². The summed E-state index contributed by atoms with van der Waals surface area (Å²) in [7, 11) is 0. The number of pyridine rings is 1. The first-order valence-corrected chi connectivity index (χ1v) is 5.90. The normalized spacial score (nSPS) is 10.7. The molecule has 0 aliphatic carbocycles. The van der Waals surface area contributed by atoms with Gasteiger partial charge in [0.25, 0.3) is 0 Å². The zero-order chi connectivity index (χ0) is 13.8. The van der Waals surface area contributed by atoms with Gasteiger partial charge in [-0.3, -0.25) is 4.98 Å². The van der Waals surface area contributed by atoms with E-state index >= 15 is 0 Å². The first-order chi connectivity index (χ1) is 9.09. The molecule has 0 atom stereocenters. The molecule has 0 spiro atoms. The fourth-order valence-corrected chi connectivity index (χ4v) is 1.73. The van der Waals surface area contributed by atoms with Crippen molar-refractivity contribution in [1.82, 2.24) is 14.5 Å². The van der Waals surface area contributed by atoms with Gasteiger partial charge < -0.3 is 14.4 Å². The minimum Gasteiger partial charge on any atom is -0.485 e. The number of hydrogen-bond acceptors (Lipinski definition) is 4. The molecule has 0 radical (unpaired) electrons. The Hall–Kier alpha value is -2.37. The van der Waals surface area contributed by atoms with Crippen LogP contribution in [0.3, 0.4) is 0 Å². The van der Waals surface area contributed by atoms with E-state index in [2.05, 4.69) is 9.97 Å². The predicted octanol–water partition coefficient (Wildman–Crippen LogP) is 2.14. The molecule has 0 saturated carbocycles. The molecule has 2 heterocycles. The van der Waals surface area contributed by atoms with Crippen LogP contribution < -0.4 is 4.74 Å². The number of carboxylic acids is 1. The molecule has 0 fully saturated rings. The summed E-state index contributed by atoms with van der Waals surface area (Å²) in [6, 6.07) is 1.69. The van der Waals surface area contributed by atoms with E-state index in [1.165, 1.54) is 18.5 Å². The molecule has 0 aromatic carbocycles. The number of ether oxygens (including phenoxy) is 1. The average Bonchev–Trinajstić information content (AvgIpc) is 2.85. The molecule has 19 heavy (non-hydrogen) atoms. The quantitative estimate of drug-likeness (QED) is 0.892. The van der Waals surface area contributed by atoms with Gasteiger partial charge in [0.1, 0.15) is 12.2 Å². The zero-order valence-electron chi connectivity index (χ0n) is 10.8. The largest absolute Gasteiger partial charge is 0.485 e. The summed E-state index contributed by atoms with van der Waals surface area (Å²) in [5.74, 6) is -0.777. The van der Waals surface area contributed by atoms with Gasteiger partial charge in [0.2, 0.25) is 0 Å². The Morgan fingerprint density at radius 3 is 2.89 bits per heavy atom. The highest BCUT2D eigenvalue weighted by molar-refractivity contribution is 5.90. The Bertz CT molecular complexity index is 578. The van der Waals surface area contributed by atoms with Gasteiger partial charge in [-0.05, 0) is 19.9 Å². The number of aromatic nitrogens is 3. The van der Waals surface area contributed by atoms with E-state index in [1.807, 2.05) is 18.4 Å². The van der Waals surface area contributed by atoms with Crippen LogP contribution in [0, 0.1) is 0 Å². The summed E-state index contributed by atoms with van der Waals surface area (Å²) in [4.78, 5) is 19.0. The topological polar surface area (TPSA) is 77.2 Å². The lowest BCUT2D eigenvalue weighted by Crippen LogP contribution is -2.09. The van der Waals surface area contributed by atoms with E-state index in [0.29, 0.717) is 0 Å². The van der Waals surface area contributed by atoms with Crippen LogP contribution >= 0.6 is 0 Å². The summed E-state index contributed by atoms with van der Waals surface area (Å²) < 4.78 is 7.50. The summed E-state index contributed by atoms with van der Waals surface area (Å²) in [6.45, 7) is 4.33. The second-order valence-corrected chi connectivity index (χ2v) is 4.35. The molecule has 0 amide bonds. The van der Waals surface area contributed by atoms with Crippen LogP contribution in [-0.4, -0.2) is 25.6 Å². The summed E-state index contributed by atoms with van der Waals surface area (Å²) in [6.07, 6.45) is 6.26. The number of rotatable bonds is 5.